The number of fused-ring (bicyclic) bond motifs is 8. The minimum atomic E-state index is -0.131. The summed E-state index contributed by atoms with van der Waals surface area (Å²) in [5.41, 5.74) is 0.474. The van der Waals surface area contributed by atoms with E-state index in [9.17, 15) is 10.2 Å². The van der Waals surface area contributed by atoms with Crippen molar-refractivity contribution < 1.29 is 14.7 Å². The summed E-state index contributed by atoms with van der Waals surface area (Å²) in [6, 6.07) is 0. The summed E-state index contributed by atoms with van der Waals surface area (Å²) in [6.45, 7) is 17.1. The highest BCUT2D eigenvalue weighted by Crippen LogP contribution is 2.68. The molecular weight excluding hydrogens is 420 g/mol. The highest BCUT2D eigenvalue weighted by atomic mass is 16.3. The largest absolute Gasteiger partial charge is 0.393 e. The Kier molecular flexibility index (Phi) is 6.19. The Balaban J connectivity index is 1.12. The van der Waals surface area contributed by atoms with Crippen LogP contribution in [-0.4, -0.2) is 77.6 Å². The summed E-state index contributed by atoms with van der Waals surface area (Å²) in [5, 5.41) is 22.1. The van der Waals surface area contributed by atoms with Gasteiger partial charge in [-0.15, -0.1) is 0 Å². The van der Waals surface area contributed by atoms with E-state index >= 15 is 0 Å². The molecule has 7 fully saturated rings. The summed E-state index contributed by atoms with van der Waals surface area (Å²) >= 11 is 0. The Bertz CT molecular complexity index is 736. The number of aliphatic hydroxyl groups excluding tert-OH is 2. The lowest BCUT2D eigenvalue weighted by atomic mass is 9.43. The molecule has 0 amide bonds. The van der Waals surface area contributed by atoms with Crippen molar-refractivity contribution in [3.63, 3.8) is 0 Å². The lowest BCUT2D eigenvalue weighted by Gasteiger charge is -2.62. The number of piperazine rings is 3. The van der Waals surface area contributed by atoms with Gasteiger partial charge in [0.1, 0.15) is 0 Å². The van der Waals surface area contributed by atoms with Crippen LogP contribution >= 0.6 is 0 Å². The van der Waals surface area contributed by atoms with E-state index in [2.05, 4.69) is 25.7 Å². The van der Waals surface area contributed by atoms with E-state index in [0.717, 1.165) is 37.0 Å². The standard InChI is InChI=1S/C30H53N2O2/c1-21(5-4-15-32-16-12-31(13-17-32)14-18-32)25-8-9-26-24-7-6-22-19-23(33)10-11-29(22,2)27(24)20-28(34)30(25,26)3/h21-28,33-34H,4-20H2,1-3H3/q+1/t21-,22-,23-,24+,25-,26+,27+,28+,29+,30-/m1/s1. The average molecular weight is 474 g/mol. The van der Waals surface area contributed by atoms with Crippen LogP contribution in [0.5, 0.6) is 0 Å². The van der Waals surface area contributed by atoms with Gasteiger partial charge in [0.15, 0.2) is 0 Å². The fraction of sp³-hybridized carbons (Fsp3) is 1.00. The second kappa shape index (κ2) is 8.71. The molecule has 0 aromatic heterocycles. The van der Waals surface area contributed by atoms with Crippen molar-refractivity contribution in [2.45, 2.75) is 97.2 Å². The van der Waals surface area contributed by atoms with E-state index in [0.29, 0.717) is 23.2 Å². The van der Waals surface area contributed by atoms with Gasteiger partial charge in [-0.05, 0) is 111 Å². The highest BCUT2D eigenvalue weighted by molar-refractivity contribution is 5.12. The molecule has 194 valence electrons. The van der Waals surface area contributed by atoms with E-state index in [1.165, 1.54) is 95.2 Å². The van der Waals surface area contributed by atoms with Gasteiger partial charge < -0.3 is 14.7 Å². The normalized spacial score (nSPS) is 55.3. The van der Waals surface area contributed by atoms with Crippen LogP contribution in [0.25, 0.3) is 0 Å². The number of quaternary nitrogens is 1. The van der Waals surface area contributed by atoms with Crippen LogP contribution in [0.3, 0.4) is 0 Å². The second-order valence-electron chi connectivity index (χ2n) is 14.6. The van der Waals surface area contributed by atoms with Gasteiger partial charge in [-0.2, -0.15) is 0 Å². The molecule has 4 heteroatoms. The van der Waals surface area contributed by atoms with E-state index in [-0.39, 0.29) is 17.6 Å². The summed E-state index contributed by atoms with van der Waals surface area (Å²) in [4.78, 5) is 2.66. The molecule has 10 atom stereocenters. The maximum atomic E-state index is 11.8. The molecular formula is C30H53N2O2+. The molecule has 4 aliphatic carbocycles. The molecule has 2 N–H and O–H groups in total. The third-order valence-electron chi connectivity index (χ3n) is 13.5. The first-order chi connectivity index (χ1) is 16.3. The molecule has 0 aromatic carbocycles. The molecule has 0 aromatic rings. The average Bonchev–Trinajstić information content (AvgIpc) is 3.20. The van der Waals surface area contributed by atoms with Crippen LogP contribution in [0.1, 0.15) is 85.0 Å². The van der Waals surface area contributed by atoms with E-state index in [1.54, 1.807) is 0 Å². The minimum Gasteiger partial charge on any atom is -0.393 e. The number of nitrogens with zero attached hydrogens (tertiary/aromatic N) is 2. The highest BCUT2D eigenvalue weighted by Gasteiger charge is 2.63. The Morgan fingerprint density at radius 1 is 0.912 bits per heavy atom. The van der Waals surface area contributed by atoms with Crippen LogP contribution < -0.4 is 0 Å². The summed E-state index contributed by atoms with van der Waals surface area (Å²) < 4.78 is 1.40. The summed E-state index contributed by atoms with van der Waals surface area (Å²) in [7, 11) is 0. The predicted octanol–water partition coefficient (Wildman–Crippen LogP) is 4.54. The van der Waals surface area contributed by atoms with Gasteiger partial charge in [-0.25, -0.2) is 0 Å². The smallest absolute Gasteiger partial charge is 0.0916 e. The van der Waals surface area contributed by atoms with Gasteiger partial charge in [0.05, 0.1) is 38.4 Å². The predicted molar refractivity (Wildman–Crippen MR) is 137 cm³/mol. The van der Waals surface area contributed by atoms with Crippen molar-refractivity contribution in [1.29, 1.82) is 0 Å². The van der Waals surface area contributed by atoms with Crippen molar-refractivity contribution in [3.05, 3.63) is 0 Å². The summed E-state index contributed by atoms with van der Waals surface area (Å²) in [6.07, 6.45) is 12.1. The maximum absolute atomic E-state index is 11.8. The Morgan fingerprint density at radius 3 is 2.38 bits per heavy atom. The third-order valence-corrected chi connectivity index (χ3v) is 13.5. The fourth-order valence-corrected chi connectivity index (χ4v) is 11.2. The van der Waals surface area contributed by atoms with Gasteiger partial charge in [0.2, 0.25) is 0 Å². The van der Waals surface area contributed by atoms with Crippen LogP contribution in [0, 0.1) is 46.3 Å². The lowest BCUT2D eigenvalue weighted by Crippen LogP contribution is -2.67. The third kappa shape index (κ3) is 3.67. The summed E-state index contributed by atoms with van der Waals surface area (Å²) in [5.74, 6) is 4.32. The van der Waals surface area contributed by atoms with Crippen molar-refractivity contribution >= 4 is 0 Å². The topological polar surface area (TPSA) is 43.7 Å². The molecule has 3 saturated heterocycles. The van der Waals surface area contributed by atoms with E-state index in [4.69, 9.17) is 0 Å². The Hall–Kier alpha value is -0.160. The van der Waals surface area contributed by atoms with Crippen LogP contribution in [0.15, 0.2) is 0 Å². The van der Waals surface area contributed by atoms with Crippen molar-refractivity contribution in [3.8, 4) is 0 Å². The molecule has 0 spiro atoms. The number of rotatable bonds is 5. The van der Waals surface area contributed by atoms with Crippen LogP contribution in [0.2, 0.25) is 0 Å². The molecule has 7 rings (SSSR count). The zero-order valence-corrected chi connectivity index (χ0v) is 22.4. The van der Waals surface area contributed by atoms with Gasteiger partial charge in [-0.1, -0.05) is 20.8 Å². The zero-order valence-electron chi connectivity index (χ0n) is 22.4. The first-order valence-electron chi connectivity index (χ1n) is 15.2. The van der Waals surface area contributed by atoms with Crippen molar-refractivity contribution in [2.24, 2.45) is 46.3 Å². The number of hydrogen-bond acceptors (Lipinski definition) is 3. The first-order valence-corrected chi connectivity index (χ1v) is 15.2. The van der Waals surface area contributed by atoms with Gasteiger partial charge in [0.25, 0.3) is 0 Å². The van der Waals surface area contributed by atoms with Crippen molar-refractivity contribution in [2.75, 3.05) is 45.8 Å². The van der Waals surface area contributed by atoms with E-state index in [1.807, 2.05) is 0 Å². The second-order valence-corrected chi connectivity index (χ2v) is 14.6. The van der Waals surface area contributed by atoms with Crippen LogP contribution in [0.4, 0.5) is 0 Å². The molecule has 7 aliphatic rings. The molecule has 0 radical (unpaired) electrons. The van der Waals surface area contributed by atoms with Crippen molar-refractivity contribution in [1.82, 2.24) is 4.90 Å². The molecule has 3 aliphatic heterocycles. The molecule has 34 heavy (non-hydrogen) atoms. The molecule has 4 nitrogen and oxygen atoms in total. The van der Waals surface area contributed by atoms with Gasteiger partial charge >= 0.3 is 0 Å². The monoisotopic (exact) mass is 473 g/mol. The Morgan fingerprint density at radius 2 is 1.65 bits per heavy atom. The SMILES string of the molecule is C[C@H](CCC[N+]12CCN(CC1)CC2)[C@H]1CC[C@H]2[C@@H]3CC[C@@H]4C[C@H](O)CC[C@]4(C)[C@H]3C[C@H](O)[C@]12C. The zero-order chi connectivity index (χ0) is 23.7. The molecule has 4 saturated carbocycles. The van der Waals surface area contributed by atoms with Gasteiger partial charge in [0, 0.05) is 19.6 Å². The maximum Gasteiger partial charge on any atom is 0.0916 e. The van der Waals surface area contributed by atoms with E-state index < -0.39 is 0 Å². The molecule has 3 heterocycles. The van der Waals surface area contributed by atoms with Gasteiger partial charge in [-0.3, -0.25) is 4.90 Å². The quantitative estimate of drug-likeness (QED) is 0.576. The first kappa shape index (κ1) is 24.2. The number of aliphatic hydroxyl groups is 2. The van der Waals surface area contributed by atoms with Crippen LogP contribution in [-0.2, 0) is 0 Å². The minimum absolute atomic E-state index is 0.0792. The molecule has 2 bridgehead atoms. The fourth-order valence-electron chi connectivity index (χ4n) is 11.2. The Labute approximate surface area is 209 Å². The lowest BCUT2D eigenvalue weighted by molar-refractivity contribution is -0.941. The molecule has 0 unspecified atom stereocenters. The number of hydrogen-bond donors (Lipinski definition) is 2.